The molecule has 0 amide bonds. The average Bonchev–Trinajstić information content (AvgIpc) is 3.38. The van der Waals surface area contributed by atoms with Crippen LogP contribution in [-0.2, 0) is 0 Å². The topological polar surface area (TPSA) is 24.9 Å². The minimum absolute atomic E-state index is 0.453. The van der Waals surface area contributed by atoms with E-state index in [0.717, 1.165) is 89.4 Å². The van der Waals surface area contributed by atoms with E-state index < -0.39 is 0 Å². The Morgan fingerprint density at radius 2 is 0.561 bits per heavy atom. The zero-order valence-corrected chi connectivity index (χ0v) is 36.0. The Kier molecular flexibility index (Phi) is 10.3. The summed E-state index contributed by atoms with van der Waals surface area (Å²) in [5.74, 6) is 2.88. The van der Waals surface area contributed by atoms with Crippen molar-refractivity contribution in [3.8, 4) is 45.3 Å². The van der Waals surface area contributed by atoms with Gasteiger partial charge in [0.1, 0.15) is 23.0 Å². The lowest BCUT2D eigenvalue weighted by molar-refractivity contribution is 0.483. The van der Waals surface area contributed by atoms with Crippen LogP contribution in [0.3, 0.4) is 0 Å². The molecule has 66 heavy (non-hydrogen) atoms. The molecule has 0 saturated heterocycles. The maximum Gasteiger partial charge on any atom is 0.128 e. The van der Waals surface area contributed by atoms with Gasteiger partial charge in [0.2, 0.25) is 0 Å². The first-order valence-electron chi connectivity index (χ1n) is 23.1. The lowest BCUT2D eigenvalue weighted by Gasteiger charge is -2.25. The van der Waals surface area contributed by atoms with Crippen LogP contribution in [0, 0.1) is 0 Å². The molecule has 0 spiro atoms. The SMILES string of the molecule is [3H]c1cccc(N(c2ccccc2)c2ccc(Oc3ccc4c(-c5ccccc5)c5cc(Oc6ccc(N(c7ccccc7)c7cccc([3H])c7)cc6)ccc5c(-c5ccccc5)c4c3)cc2)c1. The van der Waals surface area contributed by atoms with Crippen molar-refractivity contribution in [2.75, 3.05) is 9.80 Å². The van der Waals surface area contributed by atoms with E-state index in [1.165, 1.54) is 0 Å². The van der Waals surface area contributed by atoms with Gasteiger partial charge in [-0.2, -0.15) is 0 Å². The summed E-state index contributed by atoms with van der Waals surface area (Å²) in [4.78, 5) is 4.29. The number of benzene rings is 11. The normalized spacial score (nSPS) is 11.5. The van der Waals surface area contributed by atoms with E-state index in [2.05, 4.69) is 155 Å². The Balaban J connectivity index is 0.971. The Morgan fingerprint density at radius 1 is 0.258 bits per heavy atom. The number of ether oxygens (including phenoxy) is 2. The highest BCUT2D eigenvalue weighted by Gasteiger charge is 2.20. The Hall–Kier alpha value is -8.86. The Labute approximate surface area is 388 Å². The number of hydrogen-bond acceptors (Lipinski definition) is 4. The van der Waals surface area contributed by atoms with Gasteiger partial charge in [-0.1, -0.05) is 146 Å². The van der Waals surface area contributed by atoms with Crippen molar-refractivity contribution < 1.29 is 12.2 Å². The van der Waals surface area contributed by atoms with E-state index in [1.54, 1.807) is 12.1 Å². The molecule has 11 aromatic rings. The number of para-hydroxylation sites is 4. The third kappa shape index (κ3) is 8.11. The second-order valence-corrected chi connectivity index (χ2v) is 16.0. The van der Waals surface area contributed by atoms with Crippen LogP contribution in [0.15, 0.2) is 267 Å². The summed E-state index contributed by atoms with van der Waals surface area (Å²) in [6.07, 6.45) is 0. The molecule has 0 radical (unpaired) electrons. The third-order valence-corrected chi connectivity index (χ3v) is 11.8. The van der Waals surface area contributed by atoms with Crippen LogP contribution in [0.4, 0.5) is 34.1 Å². The molecule has 0 saturated carbocycles. The highest BCUT2D eigenvalue weighted by molar-refractivity contribution is 6.21. The lowest BCUT2D eigenvalue weighted by atomic mass is 9.86. The van der Waals surface area contributed by atoms with Crippen LogP contribution >= 0.6 is 0 Å². The Morgan fingerprint density at radius 3 is 0.924 bits per heavy atom. The molecule has 0 aliphatic rings. The van der Waals surface area contributed by atoms with Gasteiger partial charge in [0.05, 0.1) is 2.74 Å². The standard InChI is InChI=1S/C62H44N2O2/c1-7-19-45(20-8-1)61-57-41-39-56(66-54-37-33-52(34-38-54)64(49-27-15-5-16-28-49)50-29-17-6-18-30-50)44-60(57)62(46-21-9-2-10-22-46)58-42-40-55(43-59(58)61)65-53-35-31-51(32-36-53)63(47-23-11-3-12-24-47)48-25-13-4-14-26-48/h1-44H/i11T,15T. The van der Waals surface area contributed by atoms with Crippen LogP contribution in [-0.4, -0.2) is 0 Å². The molecule has 0 bridgehead atoms. The summed E-state index contributed by atoms with van der Waals surface area (Å²) in [7, 11) is 0. The average molecular weight is 853 g/mol. The largest absolute Gasteiger partial charge is 0.457 e. The van der Waals surface area contributed by atoms with E-state index in [4.69, 9.17) is 12.2 Å². The van der Waals surface area contributed by atoms with Crippen molar-refractivity contribution in [2.24, 2.45) is 0 Å². The first-order valence-corrected chi connectivity index (χ1v) is 22.1. The fourth-order valence-corrected chi connectivity index (χ4v) is 8.84. The van der Waals surface area contributed by atoms with E-state index in [9.17, 15) is 0 Å². The predicted octanol–water partition coefficient (Wildman–Crippen LogP) is 17.9. The van der Waals surface area contributed by atoms with Gasteiger partial charge in [0.15, 0.2) is 0 Å². The van der Waals surface area contributed by atoms with Crippen molar-refractivity contribution in [1.29, 1.82) is 0 Å². The highest BCUT2D eigenvalue weighted by Crippen LogP contribution is 2.47. The molecule has 4 heteroatoms. The molecular weight excluding hydrogens is 805 g/mol. The van der Waals surface area contributed by atoms with Crippen molar-refractivity contribution in [2.45, 2.75) is 0 Å². The predicted molar refractivity (Wildman–Crippen MR) is 275 cm³/mol. The van der Waals surface area contributed by atoms with Crippen LogP contribution in [0.2, 0.25) is 0 Å². The fourth-order valence-electron chi connectivity index (χ4n) is 8.84. The second kappa shape index (κ2) is 18.1. The number of fused-ring (bicyclic) bond motifs is 2. The zero-order chi connectivity index (χ0) is 45.8. The highest BCUT2D eigenvalue weighted by atomic mass is 16.5. The molecule has 0 heterocycles. The van der Waals surface area contributed by atoms with Gasteiger partial charge < -0.3 is 19.3 Å². The quantitative estimate of drug-likeness (QED) is 0.114. The minimum Gasteiger partial charge on any atom is -0.457 e. The lowest BCUT2D eigenvalue weighted by Crippen LogP contribution is -2.09. The molecule has 0 aliphatic carbocycles. The first kappa shape index (κ1) is 37.7. The van der Waals surface area contributed by atoms with E-state index in [-0.39, 0.29) is 0 Å². The smallest absolute Gasteiger partial charge is 0.128 e. The molecule has 0 unspecified atom stereocenters. The van der Waals surface area contributed by atoms with Crippen LogP contribution in [0.1, 0.15) is 2.74 Å². The zero-order valence-electron chi connectivity index (χ0n) is 38.0. The molecule has 11 rings (SSSR count). The van der Waals surface area contributed by atoms with Crippen molar-refractivity contribution >= 4 is 55.7 Å². The minimum atomic E-state index is 0.453. The third-order valence-electron chi connectivity index (χ3n) is 11.8. The summed E-state index contributed by atoms with van der Waals surface area (Å²) >= 11 is 0. The molecule has 0 aromatic heterocycles. The molecule has 4 nitrogen and oxygen atoms in total. The fraction of sp³-hybridized carbons (Fsp3) is 0. The van der Waals surface area contributed by atoms with Crippen molar-refractivity contribution in [3.05, 3.63) is 267 Å². The van der Waals surface area contributed by atoms with E-state index in [0.29, 0.717) is 23.6 Å². The van der Waals surface area contributed by atoms with Gasteiger partial charge in [0, 0.05) is 34.1 Å². The number of rotatable bonds is 12. The van der Waals surface area contributed by atoms with Gasteiger partial charge >= 0.3 is 0 Å². The molecule has 11 aromatic carbocycles. The summed E-state index contributed by atoms with van der Waals surface area (Å²) in [5, 5.41) is 4.34. The maximum atomic E-state index is 8.30. The summed E-state index contributed by atoms with van der Waals surface area (Å²) in [5.41, 5.74) is 10.2. The molecule has 0 atom stereocenters. The van der Waals surface area contributed by atoms with Crippen molar-refractivity contribution in [1.82, 2.24) is 0 Å². The molecule has 314 valence electrons. The van der Waals surface area contributed by atoms with E-state index in [1.807, 2.05) is 97.1 Å². The molecular formula is C62H44N2O2. The monoisotopic (exact) mass is 852 g/mol. The van der Waals surface area contributed by atoms with Crippen molar-refractivity contribution in [3.63, 3.8) is 0 Å². The molecule has 0 fully saturated rings. The van der Waals surface area contributed by atoms with Crippen LogP contribution in [0.5, 0.6) is 23.0 Å². The second-order valence-electron chi connectivity index (χ2n) is 16.0. The number of anilines is 6. The van der Waals surface area contributed by atoms with E-state index >= 15 is 0 Å². The van der Waals surface area contributed by atoms with Crippen LogP contribution < -0.4 is 19.3 Å². The summed E-state index contributed by atoms with van der Waals surface area (Å²) in [6.45, 7) is 0. The Bertz CT molecular complexity index is 3280. The van der Waals surface area contributed by atoms with Gasteiger partial charge in [-0.3, -0.25) is 0 Å². The van der Waals surface area contributed by atoms with Crippen LogP contribution in [0.25, 0.3) is 43.8 Å². The molecule has 0 N–H and O–H groups in total. The number of nitrogens with zero attached hydrogens (tertiary/aromatic N) is 2. The van der Waals surface area contributed by atoms with Gasteiger partial charge in [-0.25, -0.2) is 0 Å². The summed E-state index contributed by atoms with van der Waals surface area (Å²) in [6, 6.07) is 86.7. The number of hydrogen-bond donors (Lipinski definition) is 0. The van der Waals surface area contributed by atoms with Gasteiger partial charge in [-0.05, 0) is 165 Å². The molecule has 0 aliphatic heterocycles. The summed E-state index contributed by atoms with van der Waals surface area (Å²) < 4.78 is 30.0. The van der Waals surface area contributed by atoms with Gasteiger partial charge in [0.25, 0.3) is 0 Å². The maximum absolute atomic E-state index is 8.30. The van der Waals surface area contributed by atoms with Gasteiger partial charge in [-0.15, -0.1) is 0 Å². The first-order chi connectivity index (χ1) is 33.5.